The summed E-state index contributed by atoms with van der Waals surface area (Å²) in [6.45, 7) is 1.65. The van der Waals surface area contributed by atoms with Crippen molar-refractivity contribution in [2.24, 2.45) is 0 Å². The topological polar surface area (TPSA) is 112 Å². The van der Waals surface area contributed by atoms with Gasteiger partial charge in [-0.15, -0.1) is 11.3 Å². The highest BCUT2D eigenvalue weighted by Crippen LogP contribution is 2.22. The Bertz CT molecular complexity index is 668. The van der Waals surface area contributed by atoms with Gasteiger partial charge in [0.05, 0.1) is 6.04 Å². The number of sulfonamides is 1. The molecule has 0 spiro atoms. The molecule has 2 heterocycles. The van der Waals surface area contributed by atoms with E-state index in [1.807, 2.05) is 6.07 Å². The zero-order valence-electron chi connectivity index (χ0n) is 9.28. The lowest BCUT2D eigenvalue weighted by Gasteiger charge is -2.09. The van der Waals surface area contributed by atoms with Gasteiger partial charge in [-0.2, -0.15) is 10.4 Å². The van der Waals surface area contributed by atoms with Crippen molar-refractivity contribution >= 4 is 21.4 Å². The Labute approximate surface area is 108 Å². The van der Waals surface area contributed by atoms with Gasteiger partial charge in [-0.05, 0) is 19.1 Å². The standard InChI is InChI=1S/C9H9N5O2S2/c1-6(9-11-5-12-13-9)14-18(15,16)8-3-2-7(4-10)17-8/h2-3,5-6,14H,1H3,(H,11,12,13). The van der Waals surface area contributed by atoms with E-state index in [1.165, 1.54) is 18.5 Å². The van der Waals surface area contributed by atoms with Crippen LogP contribution in [0, 0.1) is 11.3 Å². The third-order valence-electron chi connectivity index (χ3n) is 2.13. The second-order valence-electron chi connectivity index (χ2n) is 3.44. The van der Waals surface area contributed by atoms with E-state index >= 15 is 0 Å². The minimum atomic E-state index is -3.65. The highest BCUT2D eigenvalue weighted by Gasteiger charge is 2.21. The highest BCUT2D eigenvalue weighted by atomic mass is 32.2. The third-order valence-corrected chi connectivity index (χ3v) is 5.15. The molecule has 0 aliphatic heterocycles. The predicted molar refractivity (Wildman–Crippen MR) is 64.2 cm³/mol. The van der Waals surface area contributed by atoms with Crippen molar-refractivity contribution in [3.63, 3.8) is 0 Å². The normalized spacial score (nSPS) is 13.1. The van der Waals surface area contributed by atoms with Crippen LogP contribution in [0.2, 0.25) is 0 Å². The lowest BCUT2D eigenvalue weighted by molar-refractivity contribution is 0.562. The van der Waals surface area contributed by atoms with Gasteiger partial charge in [0.1, 0.15) is 27.3 Å². The van der Waals surface area contributed by atoms with Crippen LogP contribution in [0.25, 0.3) is 0 Å². The molecule has 7 nitrogen and oxygen atoms in total. The molecule has 2 aromatic heterocycles. The molecule has 0 fully saturated rings. The van der Waals surface area contributed by atoms with Crippen molar-refractivity contribution in [2.45, 2.75) is 17.2 Å². The fourth-order valence-corrected chi connectivity index (χ4v) is 3.62. The number of nitrogens with one attached hydrogen (secondary N) is 2. The number of thiophene rings is 1. The van der Waals surface area contributed by atoms with Crippen LogP contribution in [-0.4, -0.2) is 23.6 Å². The molecule has 9 heteroatoms. The number of aromatic nitrogens is 3. The Hall–Kier alpha value is -1.76. The number of aromatic amines is 1. The second-order valence-corrected chi connectivity index (χ2v) is 6.47. The number of nitriles is 1. The van der Waals surface area contributed by atoms with E-state index in [1.54, 1.807) is 6.92 Å². The van der Waals surface area contributed by atoms with E-state index in [0.29, 0.717) is 10.7 Å². The third kappa shape index (κ3) is 2.56. The lowest BCUT2D eigenvalue weighted by atomic mass is 10.3. The van der Waals surface area contributed by atoms with E-state index in [-0.39, 0.29) is 4.21 Å². The first kappa shape index (κ1) is 12.7. The second kappa shape index (κ2) is 4.85. The quantitative estimate of drug-likeness (QED) is 0.861. The number of hydrogen-bond acceptors (Lipinski definition) is 6. The number of rotatable bonds is 4. The van der Waals surface area contributed by atoms with Gasteiger partial charge in [-0.1, -0.05) is 0 Å². The van der Waals surface area contributed by atoms with Crippen LogP contribution < -0.4 is 4.72 Å². The maximum Gasteiger partial charge on any atom is 0.250 e. The zero-order valence-corrected chi connectivity index (χ0v) is 10.9. The van der Waals surface area contributed by atoms with Crippen molar-refractivity contribution < 1.29 is 8.42 Å². The number of H-pyrrole nitrogens is 1. The summed E-state index contributed by atoms with van der Waals surface area (Å²) in [7, 11) is -3.65. The molecule has 2 N–H and O–H groups in total. The van der Waals surface area contributed by atoms with Gasteiger partial charge in [0.15, 0.2) is 0 Å². The largest absolute Gasteiger partial charge is 0.262 e. The Morgan fingerprint density at radius 3 is 2.89 bits per heavy atom. The Morgan fingerprint density at radius 1 is 1.56 bits per heavy atom. The van der Waals surface area contributed by atoms with Crippen LogP contribution >= 0.6 is 11.3 Å². The molecular formula is C9H9N5O2S2. The van der Waals surface area contributed by atoms with Gasteiger partial charge in [-0.3, -0.25) is 5.10 Å². The lowest BCUT2D eigenvalue weighted by Crippen LogP contribution is -2.26. The molecule has 0 aromatic carbocycles. The van der Waals surface area contributed by atoms with E-state index in [0.717, 1.165) is 11.3 Å². The molecule has 2 aromatic rings. The van der Waals surface area contributed by atoms with E-state index in [9.17, 15) is 8.42 Å². The molecule has 1 unspecified atom stereocenters. The average molecular weight is 283 g/mol. The summed E-state index contributed by atoms with van der Waals surface area (Å²) >= 11 is 0.921. The van der Waals surface area contributed by atoms with Crippen molar-refractivity contribution in [2.75, 3.05) is 0 Å². The summed E-state index contributed by atoms with van der Waals surface area (Å²) in [6.07, 6.45) is 1.30. The number of nitrogens with zero attached hydrogens (tertiary/aromatic N) is 3. The van der Waals surface area contributed by atoms with Gasteiger partial charge in [0.2, 0.25) is 0 Å². The van der Waals surface area contributed by atoms with Crippen molar-refractivity contribution in [3.05, 3.63) is 29.2 Å². The fourth-order valence-electron chi connectivity index (χ4n) is 1.29. The minimum absolute atomic E-state index is 0.102. The Balaban J connectivity index is 2.20. The Kier molecular flexibility index (Phi) is 3.42. The minimum Gasteiger partial charge on any atom is -0.262 e. The summed E-state index contributed by atoms with van der Waals surface area (Å²) in [6, 6.07) is 4.25. The van der Waals surface area contributed by atoms with E-state index in [4.69, 9.17) is 5.26 Å². The van der Waals surface area contributed by atoms with Gasteiger partial charge in [-0.25, -0.2) is 18.1 Å². The molecule has 0 radical (unpaired) electrons. The molecule has 0 saturated carbocycles. The first-order valence-electron chi connectivity index (χ1n) is 4.90. The first-order chi connectivity index (χ1) is 8.53. The van der Waals surface area contributed by atoms with Crippen LogP contribution in [0.1, 0.15) is 23.7 Å². The fraction of sp³-hybridized carbons (Fsp3) is 0.222. The summed E-state index contributed by atoms with van der Waals surface area (Å²) < 4.78 is 26.5. The van der Waals surface area contributed by atoms with Crippen LogP contribution in [0.4, 0.5) is 0 Å². The molecule has 0 bridgehead atoms. The zero-order chi connectivity index (χ0) is 13.2. The van der Waals surface area contributed by atoms with Crippen LogP contribution in [-0.2, 0) is 10.0 Å². The van der Waals surface area contributed by atoms with Crippen molar-refractivity contribution in [1.82, 2.24) is 19.9 Å². The van der Waals surface area contributed by atoms with Crippen LogP contribution in [0.15, 0.2) is 22.7 Å². The number of hydrogen-bond donors (Lipinski definition) is 2. The first-order valence-corrected chi connectivity index (χ1v) is 7.20. The molecule has 18 heavy (non-hydrogen) atoms. The van der Waals surface area contributed by atoms with Crippen molar-refractivity contribution in [3.8, 4) is 6.07 Å². The van der Waals surface area contributed by atoms with E-state index < -0.39 is 16.1 Å². The summed E-state index contributed by atoms with van der Waals surface area (Å²) in [5.41, 5.74) is 0. The Morgan fingerprint density at radius 2 is 2.33 bits per heavy atom. The van der Waals surface area contributed by atoms with Gasteiger partial charge in [0.25, 0.3) is 10.0 Å². The molecular weight excluding hydrogens is 274 g/mol. The monoisotopic (exact) mass is 283 g/mol. The molecule has 0 aliphatic carbocycles. The van der Waals surface area contributed by atoms with Crippen LogP contribution in [0.3, 0.4) is 0 Å². The molecule has 94 valence electrons. The summed E-state index contributed by atoms with van der Waals surface area (Å²) in [5.74, 6) is 0.427. The summed E-state index contributed by atoms with van der Waals surface area (Å²) in [5, 5.41) is 14.9. The van der Waals surface area contributed by atoms with Crippen molar-refractivity contribution in [1.29, 1.82) is 5.26 Å². The summed E-state index contributed by atoms with van der Waals surface area (Å²) in [4.78, 5) is 4.22. The molecule has 0 amide bonds. The SMILES string of the molecule is CC(NS(=O)(=O)c1ccc(C#N)s1)c1ncn[nH]1. The average Bonchev–Trinajstić information content (AvgIpc) is 3.00. The van der Waals surface area contributed by atoms with Gasteiger partial charge < -0.3 is 0 Å². The molecule has 2 rings (SSSR count). The maximum atomic E-state index is 12.0. The molecule has 0 aliphatic rings. The van der Waals surface area contributed by atoms with Gasteiger partial charge >= 0.3 is 0 Å². The maximum absolute atomic E-state index is 12.0. The molecule has 1 atom stereocenters. The predicted octanol–water partition coefficient (Wildman–Crippen LogP) is 0.777. The highest BCUT2D eigenvalue weighted by molar-refractivity contribution is 7.91. The smallest absolute Gasteiger partial charge is 0.250 e. The van der Waals surface area contributed by atoms with E-state index in [2.05, 4.69) is 19.9 Å². The van der Waals surface area contributed by atoms with Gasteiger partial charge in [0, 0.05) is 0 Å². The van der Waals surface area contributed by atoms with Crippen LogP contribution in [0.5, 0.6) is 0 Å². The molecule has 0 saturated heterocycles.